The Labute approximate surface area is 182 Å². The van der Waals surface area contributed by atoms with Crippen LogP contribution in [0.1, 0.15) is 43.9 Å². The summed E-state index contributed by atoms with van der Waals surface area (Å²) in [7, 11) is 1.57. The number of aryl methyl sites for hydroxylation is 3. The van der Waals surface area contributed by atoms with Gasteiger partial charge >= 0.3 is 0 Å². The molecule has 2 aromatic carbocycles. The van der Waals surface area contributed by atoms with Crippen molar-refractivity contribution in [2.75, 3.05) is 12.0 Å². The highest BCUT2D eigenvalue weighted by atomic mass is 32.1. The molecule has 7 heteroatoms. The summed E-state index contributed by atoms with van der Waals surface area (Å²) in [5.41, 5.74) is 3.01. The normalized spacial score (nSPS) is 15.5. The number of rotatable bonds is 3. The smallest absolute Gasteiger partial charge is 0.297 e. The van der Waals surface area contributed by atoms with Crippen molar-refractivity contribution in [3.63, 3.8) is 0 Å². The van der Waals surface area contributed by atoms with Gasteiger partial charge in [-0.25, -0.2) is 4.98 Å². The van der Waals surface area contributed by atoms with Crippen molar-refractivity contribution < 1.29 is 13.9 Å². The summed E-state index contributed by atoms with van der Waals surface area (Å²) in [5, 5.41) is 0.988. The molecule has 0 unspecified atom stereocenters. The van der Waals surface area contributed by atoms with Crippen LogP contribution in [0.2, 0.25) is 0 Å². The zero-order valence-corrected chi connectivity index (χ0v) is 18.4. The van der Waals surface area contributed by atoms with Crippen molar-refractivity contribution in [2.24, 2.45) is 0 Å². The Bertz CT molecular complexity index is 1400. The number of carbonyl (C=O) groups excluding carboxylic acids is 1. The average Bonchev–Trinajstić information content (AvgIpc) is 3.24. The van der Waals surface area contributed by atoms with Gasteiger partial charge in [-0.15, -0.1) is 11.3 Å². The van der Waals surface area contributed by atoms with Gasteiger partial charge in [0.2, 0.25) is 5.76 Å². The van der Waals surface area contributed by atoms with Crippen LogP contribution in [0.15, 0.2) is 51.7 Å². The van der Waals surface area contributed by atoms with Gasteiger partial charge in [-0.1, -0.05) is 29.8 Å². The lowest BCUT2D eigenvalue weighted by Gasteiger charge is -2.24. The van der Waals surface area contributed by atoms with Crippen LogP contribution >= 0.6 is 11.3 Å². The van der Waals surface area contributed by atoms with Gasteiger partial charge in [0.1, 0.15) is 17.4 Å². The molecule has 1 aliphatic heterocycles. The molecule has 0 saturated heterocycles. The maximum atomic E-state index is 13.7. The second kappa shape index (κ2) is 7.06. The van der Waals surface area contributed by atoms with Gasteiger partial charge in [-0.3, -0.25) is 14.5 Å². The predicted molar refractivity (Wildman–Crippen MR) is 120 cm³/mol. The van der Waals surface area contributed by atoms with E-state index in [1.165, 1.54) is 11.3 Å². The standard InChI is InChI=1S/C24H20N2O4S/c1-12-9-10-18-16(11-12)21(27)19-20(15-7-5-6-8-17(15)29-4)26(23(28)22(19)30-18)24-25-13(2)14(3)31-24/h5-11,20H,1-4H3/t20-/m0/s1. The first kappa shape index (κ1) is 19.5. The quantitative estimate of drug-likeness (QED) is 0.459. The van der Waals surface area contributed by atoms with Crippen molar-refractivity contribution >= 4 is 33.3 Å². The van der Waals surface area contributed by atoms with Crippen LogP contribution in [0.3, 0.4) is 0 Å². The maximum absolute atomic E-state index is 13.7. The third-order valence-corrected chi connectivity index (χ3v) is 6.75. The third-order valence-electron chi connectivity index (χ3n) is 5.68. The van der Waals surface area contributed by atoms with Crippen LogP contribution in [-0.4, -0.2) is 18.0 Å². The molecule has 0 saturated carbocycles. The topological polar surface area (TPSA) is 72.6 Å². The van der Waals surface area contributed by atoms with Crippen LogP contribution in [0.5, 0.6) is 5.75 Å². The molecule has 0 fully saturated rings. The van der Waals surface area contributed by atoms with Crippen molar-refractivity contribution in [1.29, 1.82) is 0 Å². The number of benzene rings is 2. The molecule has 1 amide bonds. The average molecular weight is 433 g/mol. The summed E-state index contributed by atoms with van der Waals surface area (Å²) >= 11 is 1.42. The number of anilines is 1. The number of ether oxygens (including phenoxy) is 1. The molecule has 2 aromatic heterocycles. The Morgan fingerprint density at radius 2 is 1.87 bits per heavy atom. The summed E-state index contributed by atoms with van der Waals surface area (Å²) in [6, 6.07) is 12.1. The largest absolute Gasteiger partial charge is 0.496 e. The molecule has 0 spiro atoms. The van der Waals surface area contributed by atoms with Gasteiger partial charge in [0.15, 0.2) is 10.6 Å². The number of fused-ring (bicyclic) bond motifs is 2. The SMILES string of the molecule is COc1ccccc1[C@H]1c2c(oc3ccc(C)cc3c2=O)C(=O)N1c1nc(C)c(C)s1. The van der Waals surface area contributed by atoms with E-state index in [0.29, 0.717) is 33.0 Å². The van der Waals surface area contributed by atoms with E-state index in [1.54, 1.807) is 24.1 Å². The van der Waals surface area contributed by atoms with Gasteiger partial charge in [-0.2, -0.15) is 0 Å². The molecule has 1 atom stereocenters. The molecular formula is C24H20N2O4S. The molecule has 4 aromatic rings. The second-order valence-electron chi connectivity index (χ2n) is 7.63. The Morgan fingerprint density at radius 3 is 2.58 bits per heavy atom. The zero-order chi connectivity index (χ0) is 21.9. The van der Waals surface area contributed by atoms with Crippen LogP contribution in [0.4, 0.5) is 5.13 Å². The van der Waals surface area contributed by atoms with Gasteiger partial charge in [-0.05, 0) is 39.0 Å². The van der Waals surface area contributed by atoms with E-state index in [9.17, 15) is 9.59 Å². The molecule has 1 aliphatic rings. The fourth-order valence-electron chi connectivity index (χ4n) is 4.03. The Balaban J connectivity index is 1.85. The van der Waals surface area contributed by atoms with E-state index in [2.05, 4.69) is 4.98 Å². The van der Waals surface area contributed by atoms with Gasteiger partial charge in [0, 0.05) is 10.4 Å². The molecule has 0 radical (unpaired) electrons. The van der Waals surface area contributed by atoms with Gasteiger partial charge in [0.25, 0.3) is 5.91 Å². The van der Waals surface area contributed by atoms with Crippen LogP contribution in [0.25, 0.3) is 11.0 Å². The highest BCUT2D eigenvalue weighted by Crippen LogP contribution is 2.45. The first-order chi connectivity index (χ1) is 14.9. The molecule has 0 N–H and O–H groups in total. The zero-order valence-electron chi connectivity index (χ0n) is 17.6. The van der Waals surface area contributed by atoms with E-state index in [4.69, 9.17) is 9.15 Å². The lowest BCUT2D eigenvalue weighted by molar-refractivity contribution is 0.0971. The summed E-state index contributed by atoms with van der Waals surface area (Å²) < 4.78 is 11.6. The number of nitrogens with zero attached hydrogens (tertiary/aromatic N) is 2. The minimum Gasteiger partial charge on any atom is -0.496 e. The number of hydrogen-bond acceptors (Lipinski definition) is 6. The predicted octanol–water partition coefficient (Wildman–Crippen LogP) is 4.93. The highest BCUT2D eigenvalue weighted by Gasteiger charge is 2.46. The molecule has 0 aliphatic carbocycles. The van der Waals surface area contributed by atoms with E-state index < -0.39 is 6.04 Å². The minimum absolute atomic E-state index is 0.0581. The number of amides is 1. The van der Waals surface area contributed by atoms with E-state index >= 15 is 0 Å². The fraction of sp³-hybridized carbons (Fsp3) is 0.208. The summed E-state index contributed by atoms with van der Waals surface area (Å²) in [6.07, 6.45) is 0. The molecular weight excluding hydrogens is 412 g/mol. The number of hydrogen-bond donors (Lipinski definition) is 0. The first-order valence-electron chi connectivity index (χ1n) is 9.88. The van der Waals surface area contributed by atoms with E-state index in [-0.39, 0.29) is 17.1 Å². The number of methoxy groups -OCH3 is 1. The molecule has 31 heavy (non-hydrogen) atoms. The van der Waals surface area contributed by atoms with E-state index in [0.717, 1.165) is 16.1 Å². The van der Waals surface area contributed by atoms with Crippen LogP contribution in [0, 0.1) is 20.8 Å². The monoisotopic (exact) mass is 432 g/mol. The minimum atomic E-state index is -0.690. The highest BCUT2D eigenvalue weighted by molar-refractivity contribution is 7.15. The molecule has 0 bridgehead atoms. The van der Waals surface area contributed by atoms with Crippen molar-refractivity contribution in [2.45, 2.75) is 26.8 Å². The van der Waals surface area contributed by atoms with Crippen molar-refractivity contribution in [3.05, 3.63) is 85.7 Å². The maximum Gasteiger partial charge on any atom is 0.297 e. The lowest BCUT2D eigenvalue weighted by Crippen LogP contribution is -2.29. The summed E-state index contributed by atoms with van der Waals surface area (Å²) in [4.78, 5) is 34.4. The molecule has 5 rings (SSSR count). The number of aromatic nitrogens is 1. The third kappa shape index (κ3) is 2.88. The first-order valence-corrected chi connectivity index (χ1v) is 10.7. The van der Waals surface area contributed by atoms with Crippen molar-refractivity contribution in [1.82, 2.24) is 4.98 Å². The van der Waals surface area contributed by atoms with Crippen LogP contribution in [-0.2, 0) is 0 Å². The van der Waals surface area contributed by atoms with Gasteiger partial charge in [0.05, 0.1) is 23.8 Å². The second-order valence-corrected chi connectivity index (χ2v) is 8.81. The molecule has 6 nitrogen and oxygen atoms in total. The van der Waals surface area contributed by atoms with E-state index in [1.807, 2.05) is 51.1 Å². The van der Waals surface area contributed by atoms with Gasteiger partial charge < -0.3 is 9.15 Å². The fourth-order valence-corrected chi connectivity index (χ4v) is 4.97. The van der Waals surface area contributed by atoms with Crippen LogP contribution < -0.4 is 15.1 Å². The molecule has 156 valence electrons. The number of thiazole rings is 1. The Morgan fingerprint density at radius 1 is 1.10 bits per heavy atom. The summed E-state index contributed by atoms with van der Waals surface area (Å²) in [5.74, 6) is 0.272. The Hall–Kier alpha value is -3.45. The Kier molecular flexibility index (Phi) is 4.44. The summed E-state index contributed by atoms with van der Waals surface area (Å²) in [6.45, 7) is 5.78. The molecule has 3 heterocycles. The number of para-hydroxylation sites is 1. The number of carbonyl (C=O) groups is 1. The lowest BCUT2D eigenvalue weighted by atomic mass is 9.97. The van der Waals surface area contributed by atoms with Crippen molar-refractivity contribution in [3.8, 4) is 5.75 Å².